The van der Waals surface area contributed by atoms with E-state index in [2.05, 4.69) is 41.4 Å². The fourth-order valence-electron chi connectivity index (χ4n) is 2.69. The summed E-state index contributed by atoms with van der Waals surface area (Å²) in [5.41, 5.74) is 2.70. The van der Waals surface area contributed by atoms with Crippen LogP contribution in [0.2, 0.25) is 0 Å². The van der Waals surface area contributed by atoms with Gasteiger partial charge in [0.15, 0.2) is 0 Å². The van der Waals surface area contributed by atoms with E-state index in [1.54, 1.807) is 0 Å². The van der Waals surface area contributed by atoms with Crippen molar-refractivity contribution >= 4 is 5.69 Å². The van der Waals surface area contributed by atoms with Crippen molar-refractivity contribution in [1.82, 2.24) is 5.32 Å². The van der Waals surface area contributed by atoms with Crippen molar-refractivity contribution in [2.45, 2.75) is 32.4 Å². The number of hydrogen-bond donors (Lipinski definition) is 1. The molecule has 104 valence electrons. The Morgan fingerprint density at radius 1 is 1.21 bits per heavy atom. The Balaban J connectivity index is 1.52. The van der Waals surface area contributed by atoms with Gasteiger partial charge in [-0.15, -0.1) is 0 Å². The van der Waals surface area contributed by atoms with Crippen LogP contribution in [0.25, 0.3) is 0 Å². The predicted molar refractivity (Wildman–Crippen MR) is 78.5 cm³/mol. The standard InChI is InChI=1S/C16H24N2O/c1-13(15-4-5-15)17-12-14-2-6-16(7-3-14)18-8-10-19-11-9-18/h2-3,6-7,13,15,17H,4-5,8-12H2,1H3. The Morgan fingerprint density at radius 3 is 2.53 bits per heavy atom. The first-order valence-electron chi connectivity index (χ1n) is 7.48. The lowest BCUT2D eigenvalue weighted by Crippen LogP contribution is -2.36. The second kappa shape index (κ2) is 5.93. The molecule has 3 rings (SSSR count). The van der Waals surface area contributed by atoms with Crippen LogP contribution in [-0.4, -0.2) is 32.3 Å². The van der Waals surface area contributed by atoms with Gasteiger partial charge < -0.3 is 15.0 Å². The third-order valence-electron chi connectivity index (χ3n) is 4.27. The summed E-state index contributed by atoms with van der Waals surface area (Å²) >= 11 is 0. The van der Waals surface area contributed by atoms with Crippen LogP contribution >= 0.6 is 0 Å². The zero-order valence-corrected chi connectivity index (χ0v) is 11.8. The number of hydrogen-bond acceptors (Lipinski definition) is 3. The molecular weight excluding hydrogens is 236 g/mol. The van der Waals surface area contributed by atoms with E-state index in [-0.39, 0.29) is 0 Å². The SMILES string of the molecule is CC(NCc1ccc(N2CCOCC2)cc1)C1CC1. The zero-order chi connectivity index (χ0) is 13.1. The first kappa shape index (κ1) is 12.9. The molecule has 2 aliphatic rings. The first-order valence-corrected chi connectivity index (χ1v) is 7.48. The highest BCUT2D eigenvalue weighted by Gasteiger charge is 2.27. The summed E-state index contributed by atoms with van der Waals surface area (Å²) in [6, 6.07) is 9.64. The quantitative estimate of drug-likeness (QED) is 0.880. The van der Waals surface area contributed by atoms with Crippen LogP contribution in [0.1, 0.15) is 25.3 Å². The van der Waals surface area contributed by atoms with Crippen LogP contribution in [0.3, 0.4) is 0 Å². The lowest BCUT2D eigenvalue weighted by molar-refractivity contribution is 0.122. The van der Waals surface area contributed by atoms with Gasteiger partial charge in [-0.05, 0) is 43.4 Å². The number of morpholine rings is 1. The van der Waals surface area contributed by atoms with Crippen molar-refractivity contribution < 1.29 is 4.74 Å². The topological polar surface area (TPSA) is 24.5 Å². The minimum Gasteiger partial charge on any atom is -0.378 e. The monoisotopic (exact) mass is 260 g/mol. The maximum Gasteiger partial charge on any atom is 0.0642 e. The Labute approximate surface area is 115 Å². The maximum absolute atomic E-state index is 5.39. The van der Waals surface area contributed by atoms with Gasteiger partial charge in [-0.25, -0.2) is 0 Å². The highest BCUT2D eigenvalue weighted by atomic mass is 16.5. The first-order chi connectivity index (χ1) is 9.33. The molecular formula is C16H24N2O. The molecule has 0 aromatic heterocycles. The molecule has 0 spiro atoms. The number of nitrogens with one attached hydrogen (secondary N) is 1. The van der Waals surface area contributed by atoms with Gasteiger partial charge in [-0.1, -0.05) is 12.1 Å². The summed E-state index contributed by atoms with van der Waals surface area (Å²) in [4.78, 5) is 2.40. The lowest BCUT2D eigenvalue weighted by Gasteiger charge is -2.29. The average molecular weight is 260 g/mol. The van der Waals surface area contributed by atoms with E-state index < -0.39 is 0 Å². The Hall–Kier alpha value is -1.06. The summed E-state index contributed by atoms with van der Waals surface area (Å²) in [6.45, 7) is 7.01. The van der Waals surface area contributed by atoms with Crippen LogP contribution in [0, 0.1) is 5.92 Å². The minimum atomic E-state index is 0.666. The molecule has 1 unspecified atom stereocenters. The van der Waals surface area contributed by atoms with Gasteiger partial charge >= 0.3 is 0 Å². The summed E-state index contributed by atoms with van der Waals surface area (Å²) < 4.78 is 5.39. The van der Waals surface area contributed by atoms with E-state index in [0.717, 1.165) is 38.8 Å². The van der Waals surface area contributed by atoms with E-state index in [4.69, 9.17) is 4.74 Å². The molecule has 3 heteroatoms. The highest BCUT2D eigenvalue weighted by molar-refractivity contribution is 5.47. The Morgan fingerprint density at radius 2 is 1.89 bits per heavy atom. The van der Waals surface area contributed by atoms with Crippen molar-refractivity contribution in [2.75, 3.05) is 31.2 Å². The molecule has 1 heterocycles. The number of nitrogens with zero attached hydrogens (tertiary/aromatic N) is 1. The highest BCUT2D eigenvalue weighted by Crippen LogP contribution is 2.32. The fourth-order valence-corrected chi connectivity index (χ4v) is 2.69. The number of benzene rings is 1. The van der Waals surface area contributed by atoms with Crippen molar-refractivity contribution in [3.8, 4) is 0 Å². The Kier molecular flexibility index (Phi) is 4.04. The third-order valence-corrected chi connectivity index (χ3v) is 4.27. The summed E-state index contributed by atoms with van der Waals surface area (Å²) in [5.74, 6) is 0.924. The van der Waals surface area contributed by atoms with Gasteiger partial charge in [0.2, 0.25) is 0 Å². The maximum atomic E-state index is 5.39. The second-order valence-electron chi connectivity index (χ2n) is 5.77. The van der Waals surface area contributed by atoms with E-state index in [1.165, 1.54) is 24.1 Å². The predicted octanol–water partition coefficient (Wildman–Crippen LogP) is 2.41. The number of ether oxygens (including phenoxy) is 1. The third kappa shape index (κ3) is 3.48. The molecule has 3 nitrogen and oxygen atoms in total. The van der Waals surface area contributed by atoms with E-state index >= 15 is 0 Å². The number of anilines is 1. The van der Waals surface area contributed by atoms with Crippen molar-refractivity contribution in [3.05, 3.63) is 29.8 Å². The van der Waals surface area contributed by atoms with Gasteiger partial charge in [-0.2, -0.15) is 0 Å². The van der Waals surface area contributed by atoms with Crippen LogP contribution in [0.15, 0.2) is 24.3 Å². The molecule has 19 heavy (non-hydrogen) atoms. The molecule has 1 N–H and O–H groups in total. The van der Waals surface area contributed by atoms with E-state index in [1.807, 2.05) is 0 Å². The molecule has 1 aliphatic heterocycles. The lowest BCUT2D eigenvalue weighted by atomic mass is 10.1. The van der Waals surface area contributed by atoms with Gasteiger partial charge in [0.25, 0.3) is 0 Å². The molecule has 0 bridgehead atoms. The van der Waals surface area contributed by atoms with E-state index in [9.17, 15) is 0 Å². The van der Waals surface area contributed by atoms with Gasteiger partial charge in [0.1, 0.15) is 0 Å². The van der Waals surface area contributed by atoms with Gasteiger partial charge in [0, 0.05) is 31.4 Å². The van der Waals surface area contributed by atoms with Crippen molar-refractivity contribution in [3.63, 3.8) is 0 Å². The second-order valence-corrected chi connectivity index (χ2v) is 5.77. The molecule has 1 atom stereocenters. The molecule has 1 aromatic carbocycles. The normalized spacial score (nSPS) is 21.4. The molecule has 2 fully saturated rings. The molecule has 1 saturated heterocycles. The van der Waals surface area contributed by atoms with Crippen LogP contribution < -0.4 is 10.2 Å². The molecule has 1 aromatic rings. The van der Waals surface area contributed by atoms with Crippen molar-refractivity contribution in [2.24, 2.45) is 5.92 Å². The summed E-state index contributed by atoms with van der Waals surface area (Å²) in [7, 11) is 0. The molecule has 1 aliphatic carbocycles. The average Bonchev–Trinajstić information content (AvgIpc) is 3.31. The largest absolute Gasteiger partial charge is 0.378 e. The van der Waals surface area contributed by atoms with E-state index in [0.29, 0.717) is 6.04 Å². The molecule has 1 saturated carbocycles. The van der Waals surface area contributed by atoms with Crippen molar-refractivity contribution in [1.29, 1.82) is 0 Å². The number of rotatable bonds is 5. The molecule has 0 radical (unpaired) electrons. The minimum absolute atomic E-state index is 0.666. The Bertz CT molecular complexity index is 394. The molecule has 0 amide bonds. The van der Waals surface area contributed by atoms with Crippen LogP contribution in [0.4, 0.5) is 5.69 Å². The van der Waals surface area contributed by atoms with Gasteiger partial charge in [0.05, 0.1) is 13.2 Å². The summed E-state index contributed by atoms with van der Waals surface area (Å²) in [6.07, 6.45) is 2.81. The van der Waals surface area contributed by atoms with Crippen LogP contribution in [-0.2, 0) is 11.3 Å². The van der Waals surface area contributed by atoms with Crippen LogP contribution in [0.5, 0.6) is 0 Å². The fraction of sp³-hybridized carbons (Fsp3) is 0.625. The summed E-state index contributed by atoms with van der Waals surface area (Å²) in [5, 5.41) is 3.63. The zero-order valence-electron chi connectivity index (χ0n) is 11.8. The smallest absolute Gasteiger partial charge is 0.0642 e. The van der Waals surface area contributed by atoms with Gasteiger partial charge in [-0.3, -0.25) is 0 Å².